The van der Waals surface area contributed by atoms with E-state index in [2.05, 4.69) is 169 Å². The average molecular weight is 644 g/mol. The van der Waals surface area contributed by atoms with Crippen molar-refractivity contribution in [3.8, 4) is 22.3 Å². The van der Waals surface area contributed by atoms with Gasteiger partial charge in [-0.25, -0.2) is 0 Å². The van der Waals surface area contributed by atoms with E-state index in [1.54, 1.807) is 0 Å². The van der Waals surface area contributed by atoms with Crippen molar-refractivity contribution in [2.45, 2.75) is 0 Å². The summed E-state index contributed by atoms with van der Waals surface area (Å²) in [5.41, 5.74) is 9.85. The van der Waals surface area contributed by atoms with E-state index in [0.717, 1.165) is 39.0 Å². The van der Waals surface area contributed by atoms with Crippen molar-refractivity contribution < 1.29 is 4.42 Å². The largest absolute Gasteiger partial charge is 0.456 e. The van der Waals surface area contributed by atoms with Crippen LogP contribution in [0.2, 0.25) is 0 Å². The molecule has 0 radical (unpaired) electrons. The van der Waals surface area contributed by atoms with Gasteiger partial charge in [0.1, 0.15) is 11.2 Å². The van der Waals surface area contributed by atoms with Crippen LogP contribution in [0.25, 0.3) is 75.1 Å². The molecule has 0 amide bonds. The number of hydrogen-bond donors (Lipinski definition) is 0. The highest BCUT2D eigenvalue weighted by Crippen LogP contribution is 2.42. The number of para-hydroxylation sites is 1. The molecule has 2 heterocycles. The molecule has 0 aliphatic rings. The van der Waals surface area contributed by atoms with Crippen LogP contribution in [0.3, 0.4) is 0 Å². The van der Waals surface area contributed by atoms with E-state index in [0.29, 0.717) is 0 Å². The van der Waals surface area contributed by atoms with Gasteiger partial charge in [0.05, 0.1) is 0 Å². The number of anilines is 3. The quantitative estimate of drug-likeness (QED) is 0.186. The second-order valence-corrected chi connectivity index (χ2v) is 13.6. The van der Waals surface area contributed by atoms with Crippen molar-refractivity contribution in [1.82, 2.24) is 0 Å². The molecule has 3 heteroatoms. The predicted octanol–water partition coefficient (Wildman–Crippen LogP) is 13.9. The molecule has 0 bridgehead atoms. The van der Waals surface area contributed by atoms with E-state index in [4.69, 9.17) is 4.42 Å². The van der Waals surface area contributed by atoms with Crippen LogP contribution in [0.4, 0.5) is 17.1 Å². The van der Waals surface area contributed by atoms with Crippen molar-refractivity contribution in [2.24, 2.45) is 0 Å². The minimum atomic E-state index is 0.880. The van der Waals surface area contributed by atoms with Crippen LogP contribution in [0.1, 0.15) is 0 Å². The van der Waals surface area contributed by atoms with E-state index in [9.17, 15) is 0 Å². The minimum Gasteiger partial charge on any atom is -0.456 e. The zero-order chi connectivity index (χ0) is 32.3. The zero-order valence-corrected chi connectivity index (χ0v) is 27.3. The van der Waals surface area contributed by atoms with Gasteiger partial charge in [0, 0.05) is 54.1 Å². The highest BCUT2D eigenvalue weighted by molar-refractivity contribution is 7.25. The SMILES string of the molecule is c1ccc(-c2ccccc2-c2ccc(N(c3ccc4cc5c(cc4c3)sc3ccccc35)c3ccc4c(c3)oc3ccccc34)cc2)cc1. The number of thiophene rings is 1. The topological polar surface area (TPSA) is 16.4 Å². The average Bonchev–Trinajstić information content (AvgIpc) is 3.72. The smallest absolute Gasteiger partial charge is 0.137 e. The monoisotopic (exact) mass is 643 g/mol. The molecule has 0 aliphatic heterocycles. The number of furan rings is 1. The van der Waals surface area contributed by atoms with E-state index >= 15 is 0 Å². The lowest BCUT2D eigenvalue weighted by Gasteiger charge is -2.26. The van der Waals surface area contributed by atoms with Gasteiger partial charge in [0.15, 0.2) is 0 Å². The molecule has 2 nitrogen and oxygen atoms in total. The minimum absolute atomic E-state index is 0.880. The molecule has 0 saturated carbocycles. The molecule has 10 aromatic rings. The van der Waals surface area contributed by atoms with E-state index in [1.807, 2.05) is 23.5 Å². The Morgan fingerprint density at radius 2 is 1.00 bits per heavy atom. The summed E-state index contributed by atoms with van der Waals surface area (Å²) >= 11 is 1.86. The fraction of sp³-hybridized carbons (Fsp3) is 0. The van der Waals surface area contributed by atoms with Gasteiger partial charge in [-0.15, -0.1) is 11.3 Å². The van der Waals surface area contributed by atoms with Crippen LogP contribution in [0.15, 0.2) is 180 Å². The predicted molar refractivity (Wildman–Crippen MR) is 210 cm³/mol. The highest BCUT2D eigenvalue weighted by Gasteiger charge is 2.17. The Kier molecular flexibility index (Phi) is 6.39. The zero-order valence-electron chi connectivity index (χ0n) is 26.5. The summed E-state index contributed by atoms with van der Waals surface area (Å²) in [7, 11) is 0. The Balaban J connectivity index is 1.13. The second-order valence-electron chi connectivity index (χ2n) is 12.6. The number of nitrogens with zero attached hydrogens (tertiary/aromatic N) is 1. The van der Waals surface area contributed by atoms with Gasteiger partial charge in [0.25, 0.3) is 0 Å². The summed E-state index contributed by atoms with van der Waals surface area (Å²) in [6, 6.07) is 63.3. The number of benzene rings is 8. The lowest BCUT2D eigenvalue weighted by molar-refractivity contribution is 0.669. The normalized spacial score (nSPS) is 11.7. The van der Waals surface area contributed by atoms with Gasteiger partial charge in [0.2, 0.25) is 0 Å². The van der Waals surface area contributed by atoms with Crippen LogP contribution in [0, 0.1) is 0 Å². The third-order valence-electron chi connectivity index (χ3n) is 9.65. The summed E-state index contributed by atoms with van der Waals surface area (Å²) in [5, 5.41) is 7.36. The maximum Gasteiger partial charge on any atom is 0.137 e. The maximum absolute atomic E-state index is 6.37. The van der Waals surface area contributed by atoms with Gasteiger partial charge in [-0.2, -0.15) is 0 Å². The second kappa shape index (κ2) is 11.2. The van der Waals surface area contributed by atoms with Gasteiger partial charge < -0.3 is 9.32 Å². The number of hydrogen-bond acceptors (Lipinski definition) is 3. The van der Waals surface area contributed by atoms with Crippen molar-refractivity contribution in [3.63, 3.8) is 0 Å². The fourth-order valence-electron chi connectivity index (χ4n) is 7.29. The highest BCUT2D eigenvalue weighted by atomic mass is 32.1. The summed E-state index contributed by atoms with van der Waals surface area (Å²) in [5.74, 6) is 0. The molecule has 8 aromatic carbocycles. The lowest BCUT2D eigenvalue weighted by atomic mass is 9.94. The van der Waals surface area contributed by atoms with Crippen molar-refractivity contribution in [3.05, 3.63) is 176 Å². The van der Waals surface area contributed by atoms with Crippen LogP contribution in [-0.4, -0.2) is 0 Å². The molecule has 0 spiro atoms. The molecule has 49 heavy (non-hydrogen) atoms. The maximum atomic E-state index is 6.37. The molecular weight excluding hydrogens is 615 g/mol. The van der Waals surface area contributed by atoms with Gasteiger partial charge >= 0.3 is 0 Å². The van der Waals surface area contributed by atoms with E-state index in [1.165, 1.54) is 53.2 Å². The molecule has 0 saturated heterocycles. The number of fused-ring (bicyclic) bond motifs is 7. The Morgan fingerprint density at radius 3 is 1.84 bits per heavy atom. The third kappa shape index (κ3) is 4.70. The molecule has 0 fully saturated rings. The van der Waals surface area contributed by atoms with Gasteiger partial charge in [-0.1, -0.05) is 109 Å². The summed E-state index contributed by atoms with van der Waals surface area (Å²) in [6.07, 6.45) is 0. The molecule has 0 aliphatic carbocycles. The molecular formula is C46H29NOS. The summed E-state index contributed by atoms with van der Waals surface area (Å²) < 4.78 is 9.00. The molecule has 2 aromatic heterocycles. The molecule has 0 N–H and O–H groups in total. The van der Waals surface area contributed by atoms with Crippen LogP contribution in [0.5, 0.6) is 0 Å². The molecule has 0 atom stereocenters. The van der Waals surface area contributed by atoms with E-state index < -0.39 is 0 Å². The first-order chi connectivity index (χ1) is 24.3. The van der Waals surface area contributed by atoms with Crippen molar-refractivity contribution in [1.29, 1.82) is 0 Å². The molecule has 0 unspecified atom stereocenters. The Labute approximate surface area is 287 Å². The van der Waals surface area contributed by atoms with E-state index in [-0.39, 0.29) is 0 Å². The van der Waals surface area contributed by atoms with Crippen molar-refractivity contribution >= 4 is 81.3 Å². The Bertz CT molecular complexity index is 2830. The number of rotatable bonds is 5. The summed E-state index contributed by atoms with van der Waals surface area (Å²) in [6.45, 7) is 0. The Hall–Kier alpha value is -6.16. The molecule has 10 rings (SSSR count). The van der Waals surface area contributed by atoms with Crippen LogP contribution in [-0.2, 0) is 0 Å². The standard InChI is InChI=1S/C46H29NOS/c1-2-10-30(11-3-1)37-12-4-5-13-38(37)31-18-21-34(22-19-31)47(36-24-25-40-39-14-6-8-16-43(39)48-44(40)29-36)35-23-20-32-27-42-41-15-7-9-17-45(41)49-46(42)28-33(32)26-35/h1-29H. The van der Waals surface area contributed by atoms with Crippen LogP contribution >= 0.6 is 11.3 Å². The first kappa shape index (κ1) is 27.9. The molecule has 230 valence electrons. The fourth-order valence-corrected chi connectivity index (χ4v) is 8.43. The van der Waals surface area contributed by atoms with Crippen molar-refractivity contribution in [2.75, 3.05) is 4.90 Å². The van der Waals surface area contributed by atoms with Gasteiger partial charge in [-0.3, -0.25) is 0 Å². The first-order valence-electron chi connectivity index (χ1n) is 16.6. The third-order valence-corrected chi connectivity index (χ3v) is 10.8. The first-order valence-corrected chi connectivity index (χ1v) is 17.4. The summed E-state index contributed by atoms with van der Waals surface area (Å²) in [4.78, 5) is 2.34. The Morgan fingerprint density at radius 1 is 0.367 bits per heavy atom. The van der Waals surface area contributed by atoms with Crippen LogP contribution < -0.4 is 4.90 Å². The lowest BCUT2D eigenvalue weighted by Crippen LogP contribution is -2.09. The van der Waals surface area contributed by atoms with Gasteiger partial charge in [-0.05, 0) is 93.7 Å².